The second-order valence-electron chi connectivity index (χ2n) is 9.22. The van der Waals surface area contributed by atoms with Crippen molar-refractivity contribution < 1.29 is 14.3 Å². The highest BCUT2D eigenvalue weighted by atomic mass is 16.5. The van der Waals surface area contributed by atoms with Gasteiger partial charge in [0, 0.05) is 42.0 Å². The van der Waals surface area contributed by atoms with Gasteiger partial charge in [-0.05, 0) is 56.2 Å². The van der Waals surface area contributed by atoms with E-state index in [2.05, 4.69) is 15.6 Å². The first-order valence-electron chi connectivity index (χ1n) is 12.2. The number of esters is 1. The molecule has 0 bridgehead atoms. The summed E-state index contributed by atoms with van der Waals surface area (Å²) < 4.78 is 8.14. The molecule has 0 saturated heterocycles. The number of carbonyl (C=O) groups excluding carboxylic acids is 2. The molecule has 0 atom stereocenters. The Morgan fingerprint density at radius 2 is 1.76 bits per heavy atom. The first-order chi connectivity index (χ1) is 17.8. The average molecular weight is 501 g/mol. The molecule has 190 valence electrons. The van der Waals surface area contributed by atoms with Crippen LogP contribution in [0.5, 0.6) is 0 Å². The molecule has 0 radical (unpaired) electrons. The number of hydrogen-bond acceptors (Lipinski definition) is 7. The molecule has 4 aromatic rings. The molecule has 1 amide bonds. The molecule has 5 rings (SSSR count). The van der Waals surface area contributed by atoms with Crippen molar-refractivity contribution in [1.82, 2.24) is 19.1 Å². The molecule has 3 heterocycles. The highest BCUT2D eigenvalue weighted by Gasteiger charge is 2.21. The lowest BCUT2D eigenvalue weighted by atomic mass is 10.2. The summed E-state index contributed by atoms with van der Waals surface area (Å²) in [5.41, 5.74) is 3.35. The molecule has 1 aliphatic carbocycles. The summed E-state index contributed by atoms with van der Waals surface area (Å²) in [5, 5.41) is 6.85. The van der Waals surface area contributed by atoms with E-state index in [9.17, 15) is 14.4 Å². The van der Waals surface area contributed by atoms with E-state index in [4.69, 9.17) is 9.72 Å². The standard InChI is InChI=1S/C27H28N6O4/c1-16-21-12-13-23(34)33(20-6-4-5-7-20)24(21)31-27(28-16)30-18-10-8-17(9-11-18)25(35)29-19-14-22(26(36)37-3)32(2)15-19/h8-15,20H,4-7H2,1-3H3,(H,29,35)(H,28,30,31). The Kier molecular flexibility index (Phi) is 6.47. The van der Waals surface area contributed by atoms with Crippen molar-refractivity contribution in [3.8, 4) is 0 Å². The average Bonchev–Trinajstić information content (AvgIpc) is 3.53. The Morgan fingerprint density at radius 3 is 2.46 bits per heavy atom. The van der Waals surface area contributed by atoms with Crippen molar-refractivity contribution in [2.45, 2.75) is 38.6 Å². The normalized spacial score (nSPS) is 13.6. The summed E-state index contributed by atoms with van der Waals surface area (Å²) in [7, 11) is 3.01. The van der Waals surface area contributed by atoms with Gasteiger partial charge in [-0.1, -0.05) is 12.8 Å². The van der Waals surface area contributed by atoms with Crippen LogP contribution in [0.15, 0.2) is 53.5 Å². The van der Waals surface area contributed by atoms with Crippen molar-refractivity contribution in [3.63, 3.8) is 0 Å². The Labute approximate surface area is 213 Å². The first-order valence-corrected chi connectivity index (χ1v) is 12.2. The molecule has 0 unspecified atom stereocenters. The zero-order valence-corrected chi connectivity index (χ0v) is 20.9. The maximum Gasteiger partial charge on any atom is 0.354 e. The number of aromatic nitrogens is 4. The highest BCUT2D eigenvalue weighted by molar-refractivity contribution is 6.05. The van der Waals surface area contributed by atoms with Gasteiger partial charge in [0.15, 0.2) is 0 Å². The second-order valence-corrected chi connectivity index (χ2v) is 9.22. The predicted molar refractivity (Wildman–Crippen MR) is 140 cm³/mol. The zero-order valence-electron chi connectivity index (χ0n) is 20.9. The molecule has 10 nitrogen and oxygen atoms in total. The molecule has 1 aromatic carbocycles. The summed E-state index contributed by atoms with van der Waals surface area (Å²) >= 11 is 0. The molecule has 1 fully saturated rings. The number of anilines is 3. The lowest BCUT2D eigenvalue weighted by Crippen LogP contribution is -2.24. The van der Waals surface area contributed by atoms with E-state index < -0.39 is 5.97 Å². The third kappa shape index (κ3) is 4.82. The van der Waals surface area contributed by atoms with Gasteiger partial charge in [0.1, 0.15) is 11.3 Å². The third-order valence-corrected chi connectivity index (χ3v) is 6.72. The van der Waals surface area contributed by atoms with E-state index in [-0.39, 0.29) is 17.5 Å². The quantitative estimate of drug-likeness (QED) is 0.378. The first kappa shape index (κ1) is 24.2. The van der Waals surface area contributed by atoms with Crippen molar-refractivity contribution in [2.24, 2.45) is 7.05 Å². The number of methoxy groups -OCH3 is 1. The number of aryl methyl sites for hydroxylation is 2. The fourth-order valence-electron chi connectivity index (χ4n) is 4.83. The lowest BCUT2D eigenvalue weighted by molar-refractivity contribution is 0.0589. The van der Waals surface area contributed by atoms with Crippen LogP contribution in [0.4, 0.5) is 17.3 Å². The van der Waals surface area contributed by atoms with Crippen LogP contribution in [-0.2, 0) is 11.8 Å². The Bertz CT molecular complexity index is 1550. The van der Waals surface area contributed by atoms with Gasteiger partial charge in [-0.15, -0.1) is 0 Å². The van der Waals surface area contributed by atoms with E-state index >= 15 is 0 Å². The Morgan fingerprint density at radius 1 is 1.03 bits per heavy atom. The number of rotatable bonds is 6. The van der Waals surface area contributed by atoms with Gasteiger partial charge in [-0.3, -0.25) is 14.2 Å². The van der Waals surface area contributed by atoms with Crippen molar-refractivity contribution >= 4 is 40.2 Å². The van der Waals surface area contributed by atoms with Crippen LogP contribution >= 0.6 is 0 Å². The van der Waals surface area contributed by atoms with Gasteiger partial charge >= 0.3 is 5.97 Å². The maximum absolute atomic E-state index is 12.7. The molecule has 1 aliphatic rings. The molecule has 3 aromatic heterocycles. The summed E-state index contributed by atoms with van der Waals surface area (Å²) in [4.78, 5) is 46.5. The number of carbonyl (C=O) groups is 2. The van der Waals surface area contributed by atoms with Crippen molar-refractivity contribution in [2.75, 3.05) is 17.7 Å². The Balaban J connectivity index is 1.35. The molecular formula is C27H28N6O4. The number of benzene rings is 1. The van der Waals surface area contributed by atoms with E-state index in [1.54, 1.807) is 60.3 Å². The molecule has 1 saturated carbocycles. The van der Waals surface area contributed by atoms with Gasteiger partial charge in [-0.25, -0.2) is 9.78 Å². The fourth-order valence-corrected chi connectivity index (χ4v) is 4.83. The van der Waals surface area contributed by atoms with Gasteiger partial charge in [-0.2, -0.15) is 4.98 Å². The zero-order chi connectivity index (χ0) is 26.1. The molecule has 0 spiro atoms. The van der Waals surface area contributed by atoms with E-state index in [1.165, 1.54) is 7.11 Å². The Hall–Kier alpha value is -4.47. The van der Waals surface area contributed by atoms with Crippen LogP contribution in [0.2, 0.25) is 0 Å². The minimum atomic E-state index is -0.482. The van der Waals surface area contributed by atoms with Gasteiger partial charge in [0.25, 0.3) is 11.5 Å². The summed E-state index contributed by atoms with van der Waals surface area (Å²) in [6, 6.07) is 12.0. The second kappa shape index (κ2) is 9.88. The van der Waals surface area contributed by atoms with E-state index in [1.807, 2.05) is 11.5 Å². The molecule has 37 heavy (non-hydrogen) atoms. The summed E-state index contributed by atoms with van der Waals surface area (Å²) in [5.74, 6) is -0.407. The number of nitrogens with zero attached hydrogens (tertiary/aromatic N) is 4. The number of ether oxygens (including phenoxy) is 1. The van der Waals surface area contributed by atoms with Crippen LogP contribution in [0.1, 0.15) is 58.3 Å². The largest absolute Gasteiger partial charge is 0.464 e. The smallest absolute Gasteiger partial charge is 0.354 e. The lowest BCUT2D eigenvalue weighted by Gasteiger charge is -2.17. The number of pyridine rings is 1. The van der Waals surface area contributed by atoms with Gasteiger partial charge < -0.3 is 19.9 Å². The third-order valence-electron chi connectivity index (χ3n) is 6.72. The van der Waals surface area contributed by atoms with Crippen molar-refractivity contribution in [1.29, 1.82) is 0 Å². The fraction of sp³-hybridized carbons (Fsp3) is 0.296. The number of nitrogens with one attached hydrogen (secondary N) is 2. The van der Waals surface area contributed by atoms with Crippen LogP contribution < -0.4 is 16.2 Å². The van der Waals surface area contributed by atoms with Crippen LogP contribution in [0.25, 0.3) is 11.0 Å². The molecule has 2 N–H and O–H groups in total. The number of hydrogen-bond donors (Lipinski definition) is 2. The SMILES string of the molecule is COC(=O)c1cc(NC(=O)c2ccc(Nc3nc(C)c4ccc(=O)n(C5CCCC5)c4n3)cc2)cn1C. The minimum absolute atomic E-state index is 0.0454. The highest BCUT2D eigenvalue weighted by Crippen LogP contribution is 2.31. The summed E-state index contributed by atoms with van der Waals surface area (Å²) in [6.45, 7) is 1.90. The van der Waals surface area contributed by atoms with E-state index in [0.29, 0.717) is 34.2 Å². The van der Waals surface area contributed by atoms with Crippen LogP contribution in [-0.4, -0.2) is 38.1 Å². The maximum atomic E-state index is 12.7. The topological polar surface area (TPSA) is 120 Å². The predicted octanol–water partition coefficient (Wildman–Crippen LogP) is 4.34. The number of fused-ring (bicyclic) bond motifs is 1. The van der Waals surface area contributed by atoms with E-state index in [0.717, 1.165) is 36.8 Å². The van der Waals surface area contributed by atoms with Gasteiger partial charge in [0.05, 0.1) is 18.5 Å². The molecule has 10 heteroatoms. The molecular weight excluding hydrogens is 472 g/mol. The number of amides is 1. The minimum Gasteiger partial charge on any atom is -0.464 e. The molecule has 0 aliphatic heterocycles. The van der Waals surface area contributed by atoms with Crippen molar-refractivity contribution in [3.05, 3.63) is 76.0 Å². The van der Waals surface area contributed by atoms with Gasteiger partial charge in [0.2, 0.25) is 5.95 Å². The summed E-state index contributed by atoms with van der Waals surface area (Å²) in [6.07, 6.45) is 5.81. The monoisotopic (exact) mass is 500 g/mol. The van der Waals surface area contributed by atoms with Crippen LogP contribution in [0, 0.1) is 6.92 Å². The van der Waals surface area contributed by atoms with Crippen LogP contribution in [0.3, 0.4) is 0 Å².